The molecule has 0 rings (SSSR count). The molecule has 0 aromatic carbocycles. The van der Waals surface area contributed by atoms with Crippen LogP contribution >= 0.6 is 0 Å². The Morgan fingerprint density at radius 1 is 0.264 bits per heavy atom. The second kappa shape index (κ2) is 61.7. The Kier molecular flexibility index (Phi) is 60.1. The van der Waals surface area contributed by atoms with Crippen LogP contribution in [0.1, 0.15) is 374 Å². The summed E-state index contributed by atoms with van der Waals surface area (Å²) in [6.07, 6.45) is 72.3. The second-order valence-corrected chi connectivity index (χ2v) is 22.4. The van der Waals surface area contributed by atoms with E-state index in [0.29, 0.717) is 19.3 Å². The van der Waals surface area contributed by atoms with E-state index in [1.54, 1.807) is 0 Å². The van der Waals surface area contributed by atoms with Crippen molar-refractivity contribution in [3.63, 3.8) is 0 Å². The number of hydrogen-bond donors (Lipinski definition) is 0. The van der Waals surface area contributed by atoms with Crippen molar-refractivity contribution < 1.29 is 28.6 Å². The first-order valence-electron chi connectivity index (χ1n) is 32.7. The van der Waals surface area contributed by atoms with Crippen LogP contribution in [0.15, 0.2) is 12.2 Å². The maximum Gasteiger partial charge on any atom is 0.306 e. The van der Waals surface area contributed by atoms with Crippen LogP contribution in [-0.2, 0) is 28.6 Å². The fraction of sp³-hybridized carbons (Fsp3) is 0.924. The number of unbranched alkanes of at least 4 members (excludes halogenated alkanes) is 48. The SMILES string of the molecule is CCCCCCCCCC/C=C\CCCCCCCCCCCCCCCC(=O)OCC(COC(=O)CCCCCCCCCCCCC)OC(=O)CCCCCCCCCCCCCCCCCCCC. The van der Waals surface area contributed by atoms with E-state index in [4.69, 9.17) is 14.2 Å². The Morgan fingerprint density at radius 2 is 0.458 bits per heavy atom. The zero-order valence-corrected chi connectivity index (χ0v) is 49.0. The van der Waals surface area contributed by atoms with Crippen LogP contribution in [0.5, 0.6) is 0 Å². The highest BCUT2D eigenvalue weighted by molar-refractivity contribution is 5.71. The topological polar surface area (TPSA) is 78.9 Å². The van der Waals surface area contributed by atoms with Crippen molar-refractivity contribution in [3.05, 3.63) is 12.2 Å². The summed E-state index contributed by atoms with van der Waals surface area (Å²) in [6.45, 7) is 6.71. The molecule has 0 aliphatic heterocycles. The van der Waals surface area contributed by atoms with Crippen molar-refractivity contribution in [2.75, 3.05) is 13.2 Å². The summed E-state index contributed by atoms with van der Waals surface area (Å²) < 4.78 is 16.9. The molecule has 0 spiro atoms. The molecule has 72 heavy (non-hydrogen) atoms. The number of ether oxygens (including phenoxy) is 3. The quantitative estimate of drug-likeness (QED) is 0.0261. The average Bonchev–Trinajstić information content (AvgIpc) is 3.38. The fourth-order valence-electron chi connectivity index (χ4n) is 10.1. The zero-order valence-electron chi connectivity index (χ0n) is 49.0. The predicted molar refractivity (Wildman–Crippen MR) is 312 cm³/mol. The number of hydrogen-bond acceptors (Lipinski definition) is 6. The molecule has 0 saturated heterocycles. The van der Waals surface area contributed by atoms with Crippen molar-refractivity contribution in [1.29, 1.82) is 0 Å². The van der Waals surface area contributed by atoms with Crippen molar-refractivity contribution in [2.24, 2.45) is 0 Å². The standard InChI is InChI=1S/C66H126O6/c1-4-7-10-13-16-19-22-24-26-28-30-31-32-33-34-35-36-38-39-41-44-47-50-53-56-59-65(68)71-62-63(61-70-64(67)58-55-52-49-46-43-21-18-15-12-9-6-3)72-66(69)60-57-54-51-48-45-42-40-37-29-27-25-23-20-17-14-11-8-5-2/h28,30,63H,4-27,29,31-62H2,1-3H3/b30-28-. The van der Waals surface area contributed by atoms with E-state index < -0.39 is 6.10 Å². The lowest BCUT2D eigenvalue weighted by Crippen LogP contribution is -2.30. The summed E-state index contributed by atoms with van der Waals surface area (Å²) in [5.74, 6) is -0.834. The molecule has 0 N–H and O–H groups in total. The van der Waals surface area contributed by atoms with Gasteiger partial charge in [-0.15, -0.1) is 0 Å². The fourth-order valence-corrected chi connectivity index (χ4v) is 10.1. The van der Waals surface area contributed by atoms with E-state index in [1.165, 1.54) is 276 Å². The summed E-state index contributed by atoms with van der Waals surface area (Å²) in [4.78, 5) is 38.2. The van der Waals surface area contributed by atoms with Gasteiger partial charge in [-0.3, -0.25) is 14.4 Å². The van der Waals surface area contributed by atoms with Crippen LogP contribution in [0.3, 0.4) is 0 Å². The average molecular weight is 1020 g/mol. The summed E-state index contributed by atoms with van der Waals surface area (Å²) in [5.41, 5.74) is 0. The summed E-state index contributed by atoms with van der Waals surface area (Å²) in [7, 11) is 0. The molecule has 0 amide bonds. The lowest BCUT2D eigenvalue weighted by Gasteiger charge is -2.18. The first-order valence-corrected chi connectivity index (χ1v) is 32.7. The molecule has 0 bridgehead atoms. The molecular formula is C66H126O6. The van der Waals surface area contributed by atoms with Gasteiger partial charge < -0.3 is 14.2 Å². The van der Waals surface area contributed by atoms with Gasteiger partial charge in [0.25, 0.3) is 0 Å². The third-order valence-electron chi connectivity index (χ3n) is 15.0. The van der Waals surface area contributed by atoms with Crippen molar-refractivity contribution in [3.8, 4) is 0 Å². The van der Waals surface area contributed by atoms with Gasteiger partial charge in [0.05, 0.1) is 0 Å². The van der Waals surface area contributed by atoms with Crippen LogP contribution in [0.2, 0.25) is 0 Å². The summed E-state index contributed by atoms with van der Waals surface area (Å²) in [6, 6.07) is 0. The van der Waals surface area contributed by atoms with Gasteiger partial charge in [0.1, 0.15) is 13.2 Å². The molecule has 6 heteroatoms. The molecule has 0 heterocycles. The minimum atomic E-state index is -0.764. The summed E-state index contributed by atoms with van der Waals surface area (Å²) >= 11 is 0. The van der Waals surface area contributed by atoms with Gasteiger partial charge in [-0.25, -0.2) is 0 Å². The minimum absolute atomic E-state index is 0.0632. The molecule has 6 nitrogen and oxygen atoms in total. The van der Waals surface area contributed by atoms with E-state index in [1.807, 2.05) is 0 Å². The van der Waals surface area contributed by atoms with Crippen LogP contribution in [0, 0.1) is 0 Å². The van der Waals surface area contributed by atoms with Crippen LogP contribution in [0.25, 0.3) is 0 Å². The van der Waals surface area contributed by atoms with Gasteiger partial charge in [-0.1, -0.05) is 322 Å². The zero-order chi connectivity index (χ0) is 52.2. The Morgan fingerprint density at radius 3 is 0.694 bits per heavy atom. The first-order chi connectivity index (χ1) is 35.5. The summed E-state index contributed by atoms with van der Waals surface area (Å²) in [5, 5.41) is 0. The highest BCUT2D eigenvalue weighted by Crippen LogP contribution is 2.18. The Labute approximate surface area is 450 Å². The third kappa shape index (κ3) is 59.0. The number of rotatable bonds is 61. The molecule has 0 radical (unpaired) electrons. The van der Waals surface area contributed by atoms with E-state index in [9.17, 15) is 14.4 Å². The number of allylic oxidation sites excluding steroid dienone is 2. The van der Waals surface area contributed by atoms with E-state index in [-0.39, 0.29) is 31.1 Å². The van der Waals surface area contributed by atoms with E-state index >= 15 is 0 Å². The molecule has 0 saturated carbocycles. The Bertz CT molecular complexity index is 1120. The van der Waals surface area contributed by atoms with Crippen LogP contribution in [-0.4, -0.2) is 37.2 Å². The third-order valence-corrected chi connectivity index (χ3v) is 15.0. The van der Waals surface area contributed by atoms with Crippen molar-refractivity contribution in [2.45, 2.75) is 380 Å². The van der Waals surface area contributed by atoms with Gasteiger partial charge in [0.15, 0.2) is 6.10 Å². The Hall–Kier alpha value is -1.85. The highest BCUT2D eigenvalue weighted by atomic mass is 16.6. The lowest BCUT2D eigenvalue weighted by atomic mass is 10.0. The number of carbonyl (C=O) groups is 3. The molecule has 0 aliphatic carbocycles. The van der Waals surface area contributed by atoms with E-state index in [2.05, 4.69) is 32.9 Å². The highest BCUT2D eigenvalue weighted by Gasteiger charge is 2.19. The largest absolute Gasteiger partial charge is 0.462 e. The molecule has 0 fully saturated rings. The van der Waals surface area contributed by atoms with Gasteiger partial charge in [-0.2, -0.15) is 0 Å². The molecule has 0 aliphatic rings. The van der Waals surface area contributed by atoms with Gasteiger partial charge in [-0.05, 0) is 44.9 Å². The van der Waals surface area contributed by atoms with Gasteiger partial charge >= 0.3 is 17.9 Å². The van der Waals surface area contributed by atoms with Crippen molar-refractivity contribution in [1.82, 2.24) is 0 Å². The lowest BCUT2D eigenvalue weighted by molar-refractivity contribution is -0.167. The van der Waals surface area contributed by atoms with E-state index in [0.717, 1.165) is 57.8 Å². The first kappa shape index (κ1) is 70.1. The molecule has 0 aromatic rings. The molecule has 1 unspecified atom stereocenters. The molecule has 426 valence electrons. The Balaban J connectivity index is 4.18. The minimum Gasteiger partial charge on any atom is -0.462 e. The molecular weight excluding hydrogens is 889 g/mol. The second-order valence-electron chi connectivity index (χ2n) is 22.4. The maximum absolute atomic E-state index is 12.9. The molecule has 0 aromatic heterocycles. The predicted octanol–water partition coefficient (Wildman–Crippen LogP) is 22.1. The number of esters is 3. The normalized spacial score (nSPS) is 12.0. The van der Waals surface area contributed by atoms with Crippen LogP contribution in [0.4, 0.5) is 0 Å². The molecule has 1 atom stereocenters. The van der Waals surface area contributed by atoms with Crippen LogP contribution < -0.4 is 0 Å². The van der Waals surface area contributed by atoms with Gasteiger partial charge in [0.2, 0.25) is 0 Å². The monoisotopic (exact) mass is 1010 g/mol. The maximum atomic E-state index is 12.9. The van der Waals surface area contributed by atoms with Gasteiger partial charge in [0, 0.05) is 19.3 Å². The number of carbonyl (C=O) groups excluding carboxylic acids is 3. The smallest absolute Gasteiger partial charge is 0.306 e. The van der Waals surface area contributed by atoms with Crippen molar-refractivity contribution >= 4 is 17.9 Å².